The number of hydrogen-bond donors (Lipinski definition) is 4. The summed E-state index contributed by atoms with van der Waals surface area (Å²) >= 11 is 0. The third kappa shape index (κ3) is 9.45. The van der Waals surface area contributed by atoms with Crippen molar-refractivity contribution >= 4 is 35.3 Å². The Morgan fingerprint density at radius 1 is 0.549 bits per heavy atom. The molecule has 0 saturated heterocycles. The summed E-state index contributed by atoms with van der Waals surface area (Å²) in [5, 5.41) is 19.7. The molecule has 360 valence electrons. The van der Waals surface area contributed by atoms with Crippen LogP contribution in [0.3, 0.4) is 0 Å². The number of benzene rings is 6. The number of ether oxygens (including phenoxy) is 2. The molecule has 3 amide bonds. The first-order valence-electron chi connectivity index (χ1n) is 25.0. The fourth-order valence-corrected chi connectivity index (χ4v) is 13.3. The van der Waals surface area contributed by atoms with Crippen LogP contribution in [0.2, 0.25) is 0 Å². The van der Waals surface area contributed by atoms with E-state index in [1.807, 2.05) is 97.1 Å². The normalized spacial score (nSPS) is 24.4. The molecule has 0 aromatic heterocycles. The molecule has 71 heavy (non-hydrogen) atoms. The van der Waals surface area contributed by atoms with Crippen LogP contribution in [0.4, 0.5) is 5.69 Å². The van der Waals surface area contributed by atoms with Gasteiger partial charge in [-0.2, -0.15) is 0 Å². The van der Waals surface area contributed by atoms with Crippen molar-refractivity contribution in [1.82, 2.24) is 10.6 Å². The summed E-state index contributed by atoms with van der Waals surface area (Å²) in [6, 6.07) is 44.0. The van der Waals surface area contributed by atoms with E-state index in [1.165, 1.54) is 49.6 Å². The summed E-state index contributed by atoms with van der Waals surface area (Å²) in [5.41, 5.74) is 6.41. The Balaban J connectivity index is 0.906. The number of phenols is 1. The highest BCUT2D eigenvalue weighted by Gasteiger charge is 2.56. The van der Waals surface area contributed by atoms with Crippen molar-refractivity contribution in [3.63, 3.8) is 0 Å². The first-order valence-corrected chi connectivity index (χ1v) is 25.0. The Labute approximate surface area is 413 Å². The molecular formula is C60H57N3O8. The molecule has 0 aliphatic heterocycles. The van der Waals surface area contributed by atoms with Crippen molar-refractivity contribution < 1.29 is 38.6 Å². The van der Waals surface area contributed by atoms with Crippen LogP contribution in [0, 0.1) is 35.0 Å². The van der Waals surface area contributed by atoms with Crippen LogP contribution >= 0.6 is 0 Å². The van der Waals surface area contributed by atoms with Gasteiger partial charge in [0.15, 0.2) is 0 Å². The zero-order chi connectivity index (χ0) is 48.6. The van der Waals surface area contributed by atoms with E-state index in [0.717, 1.165) is 52.6 Å². The monoisotopic (exact) mass is 947 g/mol. The van der Waals surface area contributed by atoms with Crippen molar-refractivity contribution in [1.29, 1.82) is 0 Å². The van der Waals surface area contributed by atoms with Gasteiger partial charge < -0.3 is 30.5 Å². The zero-order valence-corrected chi connectivity index (χ0v) is 39.4. The minimum absolute atomic E-state index is 0.00229. The molecule has 0 unspecified atom stereocenters. The molecule has 4 saturated carbocycles. The summed E-state index contributed by atoms with van der Waals surface area (Å²) < 4.78 is 11.3. The molecule has 3 atom stereocenters. The van der Waals surface area contributed by atoms with Crippen molar-refractivity contribution in [2.24, 2.45) is 35.0 Å². The summed E-state index contributed by atoms with van der Waals surface area (Å²) in [7, 11) is 0. The number of anilines is 1. The van der Waals surface area contributed by atoms with E-state index in [2.05, 4.69) is 28.1 Å². The van der Waals surface area contributed by atoms with E-state index in [1.54, 1.807) is 12.1 Å². The number of esters is 2. The average molecular weight is 948 g/mol. The number of carbonyl (C=O) groups is 5. The van der Waals surface area contributed by atoms with E-state index in [4.69, 9.17) is 9.47 Å². The van der Waals surface area contributed by atoms with Gasteiger partial charge in [-0.25, -0.2) is 9.59 Å². The largest absolute Gasteiger partial charge is 0.508 e. The predicted octanol–water partition coefficient (Wildman–Crippen LogP) is 9.63. The van der Waals surface area contributed by atoms with Gasteiger partial charge in [-0.05, 0) is 131 Å². The third-order valence-corrected chi connectivity index (χ3v) is 16.0. The Morgan fingerprint density at radius 2 is 1.00 bits per heavy atom. The molecule has 0 heterocycles. The van der Waals surface area contributed by atoms with Gasteiger partial charge in [-0.3, -0.25) is 14.4 Å². The highest BCUT2D eigenvalue weighted by Crippen LogP contribution is 2.61. The maximum atomic E-state index is 15.5. The lowest BCUT2D eigenvalue weighted by molar-refractivity contribution is -0.139. The minimum atomic E-state index is -1.21. The standard InChI is InChI=1S/C60H57N3O8/c64-45-21-19-36(20-22-45)26-50(55(65)62-44-28-42(58(68)70-33-37-11-3-1-4-12-37)27-43(29-44)59(69)71-34-38-13-5-2-6-14-38)63-57(67)54-52-48-17-9-7-15-46(48)51(47-16-8-10-18-49(47)52)53(54)56(66)61-35-60-30-39-23-40(31-60)25-41(24-39)32-60/h1-22,27-29,39-41,50-54,64H,23-26,30-35H2,(H,61,66)(H,62,65)(H,63,67)/t39?,40?,41?,50-,51?,52?,53+,54-,60?/m0/s1. The van der Waals surface area contributed by atoms with Crippen LogP contribution in [0.25, 0.3) is 0 Å². The molecule has 4 fully saturated rings. The molecular weight excluding hydrogens is 891 g/mol. The topological polar surface area (TPSA) is 160 Å². The third-order valence-electron chi connectivity index (χ3n) is 16.0. The summed E-state index contributed by atoms with van der Waals surface area (Å²) in [5.74, 6) is -2.98. The van der Waals surface area contributed by atoms with Gasteiger partial charge >= 0.3 is 11.9 Å². The minimum Gasteiger partial charge on any atom is -0.508 e. The Bertz CT molecular complexity index is 2840. The molecule has 7 aliphatic carbocycles. The second-order valence-electron chi connectivity index (χ2n) is 20.7. The van der Waals surface area contributed by atoms with Crippen molar-refractivity contribution in [2.45, 2.75) is 76.0 Å². The lowest BCUT2D eigenvalue weighted by Crippen LogP contribution is -2.57. The van der Waals surface area contributed by atoms with E-state index < -0.39 is 53.5 Å². The summed E-state index contributed by atoms with van der Waals surface area (Å²) in [6.45, 7) is 0.543. The van der Waals surface area contributed by atoms with E-state index in [-0.39, 0.29) is 53.5 Å². The molecule has 13 rings (SSSR count). The maximum Gasteiger partial charge on any atom is 0.338 e. The van der Waals surface area contributed by atoms with Gasteiger partial charge in [0.1, 0.15) is 25.0 Å². The van der Waals surface area contributed by atoms with E-state index in [9.17, 15) is 19.5 Å². The smallest absolute Gasteiger partial charge is 0.338 e. The van der Waals surface area contributed by atoms with Crippen LogP contribution in [-0.2, 0) is 43.5 Å². The molecule has 0 radical (unpaired) electrons. The Kier molecular flexibility index (Phi) is 12.5. The summed E-state index contributed by atoms with van der Waals surface area (Å²) in [4.78, 5) is 72.9. The number of rotatable bonds is 15. The number of hydrogen-bond acceptors (Lipinski definition) is 8. The molecule has 6 aromatic rings. The second-order valence-corrected chi connectivity index (χ2v) is 20.7. The Morgan fingerprint density at radius 3 is 1.48 bits per heavy atom. The van der Waals surface area contributed by atoms with Crippen LogP contribution in [0.1, 0.15) is 110 Å². The quantitative estimate of drug-likeness (QED) is 0.0741. The lowest BCUT2D eigenvalue weighted by Gasteiger charge is -2.57. The molecule has 0 spiro atoms. The first-order chi connectivity index (χ1) is 34.6. The van der Waals surface area contributed by atoms with Gasteiger partial charge in [0.2, 0.25) is 17.7 Å². The van der Waals surface area contributed by atoms with Gasteiger partial charge in [0, 0.05) is 30.5 Å². The first kappa shape index (κ1) is 45.9. The fourth-order valence-electron chi connectivity index (χ4n) is 13.3. The number of fused-ring (bicyclic) bond motifs is 1. The molecule has 6 bridgehead atoms. The number of nitrogens with one attached hydrogen (secondary N) is 3. The molecule has 11 heteroatoms. The van der Waals surface area contributed by atoms with Gasteiger partial charge in [0.05, 0.1) is 23.0 Å². The van der Waals surface area contributed by atoms with Gasteiger partial charge in [0.25, 0.3) is 0 Å². The molecule has 11 nitrogen and oxygen atoms in total. The zero-order valence-electron chi connectivity index (χ0n) is 39.4. The van der Waals surface area contributed by atoms with Gasteiger partial charge in [-0.1, -0.05) is 121 Å². The van der Waals surface area contributed by atoms with Crippen LogP contribution in [-0.4, -0.2) is 47.4 Å². The molecule has 7 aliphatic rings. The van der Waals surface area contributed by atoms with Gasteiger partial charge in [-0.15, -0.1) is 0 Å². The number of aromatic hydroxyl groups is 1. The van der Waals surface area contributed by atoms with Crippen LogP contribution < -0.4 is 16.0 Å². The van der Waals surface area contributed by atoms with Crippen molar-refractivity contribution in [3.8, 4) is 5.75 Å². The fraction of sp³-hybridized carbons (Fsp3) is 0.317. The van der Waals surface area contributed by atoms with Crippen molar-refractivity contribution in [2.75, 3.05) is 11.9 Å². The molecule has 4 N–H and O–H groups in total. The average Bonchev–Trinajstić information content (AvgIpc) is 3.39. The molecule has 6 aromatic carbocycles. The summed E-state index contributed by atoms with van der Waals surface area (Å²) in [6.07, 6.45) is 7.30. The lowest BCUT2D eigenvalue weighted by atomic mass is 9.49. The van der Waals surface area contributed by atoms with Crippen LogP contribution in [0.5, 0.6) is 5.75 Å². The predicted molar refractivity (Wildman–Crippen MR) is 267 cm³/mol. The van der Waals surface area contributed by atoms with E-state index in [0.29, 0.717) is 29.9 Å². The van der Waals surface area contributed by atoms with Crippen molar-refractivity contribution in [3.05, 3.63) is 202 Å². The van der Waals surface area contributed by atoms with Crippen LogP contribution in [0.15, 0.2) is 152 Å². The highest BCUT2D eigenvalue weighted by atomic mass is 16.5. The highest BCUT2D eigenvalue weighted by molar-refractivity contribution is 6.02. The van der Waals surface area contributed by atoms with E-state index >= 15 is 9.59 Å². The SMILES string of the molecule is O=C(OCc1ccccc1)c1cc(NC(=O)[C@H](Cc2ccc(O)cc2)NC(=O)[C@H]2C3c4ccccc4C(c4ccccc43)[C@H]2C(=O)NCC23CC4CC(CC(C4)C2)C3)cc(C(=O)OCc2ccccc2)c1. The number of carbonyl (C=O) groups excluding carboxylic acids is 5. The number of phenolic OH excluding ortho intramolecular Hbond substituents is 1. The Hall–Kier alpha value is -7.53. The maximum absolute atomic E-state index is 15.5. The number of amides is 3. The second kappa shape index (κ2) is 19.3.